The zero-order valence-corrected chi connectivity index (χ0v) is 13.8. The molecule has 2 N–H and O–H groups in total. The van der Waals surface area contributed by atoms with Crippen molar-refractivity contribution in [2.75, 3.05) is 12.4 Å². The number of fused-ring (bicyclic) bond motifs is 1. The average molecular weight is 332 g/mol. The Bertz CT molecular complexity index is 1040. The summed E-state index contributed by atoms with van der Waals surface area (Å²) < 4.78 is 5.44. The number of ether oxygens (including phenoxy) is 1. The van der Waals surface area contributed by atoms with Gasteiger partial charge in [-0.2, -0.15) is 4.98 Å². The maximum atomic E-state index is 5.44. The molecule has 2 aromatic carbocycles. The monoisotopic (exact) mass is 332 g/mol. The highest BCUT2D eigenvalue weighted by Gasteiger charge is 2.13. The third kappa shape index (κ3) is 2.87. The Hall–Kier alpha value is -3.48. The van der Waals surface area contributed by atoms with Crippen LogP contribution < -0.4 is 10.1 Å². The first kappa shape index (κ1) is 15.1. The van der Waals surface area contributed by atoms with Crippen LogP contribution in [0.25, 0.3) is 22.3 Å². The van der Waals surface area contributed by atoms with E-state index in [1.807, 2.05) is 55.5 Å². The minimum atomic E-state index is 0.465. The van der Waals surface area contributed by atoms with Gasteiger partial charge in [0.1, 0.15) is 17.4 Å². The van der Waals surface area contributed by atoms with Crippen LogP contribution in [0.3, 0.4) is 0 Å². The molecule has 2 aromatic heterocycles. The first-order chi connectivity index (χ1) is 12.2. The van der Waals surface area contributed by atoms with Crippen LogP contribution in [0.1, 0.15) is 5.82 Å². The third-order valence-electron chi connectivity index (χ3n) is 3.78. The highest BCUT2D eigenvalue weighted by molar-refractivity contribution is 5.92. The van der Waals surface area contributed by atoms with Crippen LogP contribution in [0.2, 0.25) is 0 Å². The van der Waals surface area contributed by atoms with Gasteiger partial charge in [-0.15, -0.1) is 5.10 Å². The molecular weight excluding hydrogens is 316 g/mol. The molecular formula is C18H16N6O. The van der Waals surface area contributed by atoms with E-state index in [1.165, 1.54) is 0 Å². The molecule has 25 heavy (non-hydrogen) atoms. The molecule has 0 radical (unpaired) electrons. The van der Waals surface area contributed by atoms with Gasteiger partial charge < -0.3 is 10.1 Å². The lowest BCUT2D eigenvalue weighted by Crippen LogP contribution is -2.01. The lowest BCUT2D eigenvalue weighted by Gasteiger charge is -2.11. The molecule has 0 saturated carbocycles. The number of H-pyrrole nitrogens is 1. The second-order valence-electron chi connectivity index (χ2n) is 5.48. The second-order valence-corrected chi connectivity index (χ2v) is 5.48. The summed E-state index contributed by atoms with van der Waals surface area (Å²) in [6.45, 7) is 1.84. The van der Waals surface area contributed by atoms with Gasteiger partial charge in [-0.25, -0.2) is 9.97 Å². The Kier molecular flexibility index (Phi) is 3.74. The molecule has 0 spiro atoms. The van der Waals surface area contributed by atoms with Crippen molar-refractivity contribution in [2.24, 2.45) is 0 Å². The molecule has 0 amide bonds. The van der Waals surface area contributed by atoms with Crippen LogP contribution in [-0.2, 0) is 0 Å². The van der Waals surface area contributed by atoms with E-state index in [0.717, 1.165) is 28.0 Å². The van der Waals surface area contributed by atoms with Gasteiger partial charge >= 0.3 is 0 Å². The fourth-order valence-electron chi connectivity index (χ4n) is 2.63. The normalized spacial score (nSPS) is 10.8. The van der Waals surface area contributed by atoms with Crippen LogP contribution in [0.15, 0.2) is 48.5 Å². The molecule has 0 bridgehead atoms. The van der Waals surface area contributed by atoms with Crippen LogP contribution >= 0.6 is 0 Å². The van der Waals surface area contributed by atoms with Crippen LogP contribution in [0.5, 0.6) is 5.75 Å². The van der Waals surface area contributed by atoms with Gasteiger partial charge in [0.25, 0.3) is 0 Å². The molecule has 0 aliphatic carbocycles. The summed E-state index contributed by atoms with van der Waals surface area (Å²) in [7, 11) is 1.63. The minimum Gasteiger partial charge on any atom is -0.496 e. The maximum Gasteiger partial charge on any atom is 0.247 e. The lowest BCUT2D eigenvalue weighted by atomic mass is 10.1. The number of aromatic nitrogens is 5. The molecule has 0 aliphatic rings. The summed E-state index contributed by atoms with van der Waals surface area (Å²) in [5.41, 5.74) is 1.65. The summed E-state index contributed by atoms with van der Waals surface area (Å²) in [6.07, 6.45) is 0. The van der Waals surface area contributed by atoms with E-state index in [0.29, 0.717) is 17.6 Å². The van der Waals surface area contributed by atoms with Crippen LogP contribution in [-0.4, -0.2) is 32.3 Å². The lowest BCUT2D eigenvalue weighted by molar-refractivity contribution is 0.416. The molecule has 0 unspecified atom stereocenters. The molecule has 124 valence electrons. The minimum absolute atomic E-state index is 0.465. The zero-order chi connectivity index (χ0) is 17.2. The van der Waals surface area contributed by atoms with Gasteiger partial charge in [-0.1, -0.05) is 24.3 Å². The molecule has 7 heteroatoms. The van der Waals surface area contributed by atoms with E-state index in [9.17, 15) is 0 Å². The molecule has 4 aromatic rings. The number of aromatic amines is 1. The standard InChI is InChI=1S/C18H16N6O/c1-11-19-18(24-23-11)22-16-12-7-3-5-9-14(12)20-17(21-16)13-8-4-6-10-15(13)25-2/h3-10H,1-2H3,(H2,19,20,21,22,23,24). The van der Waals surface area contributed by atoms with E-state index < -0.39 is 0 Å². The smallest absolute Gasteiger partial charge is 0.247 e. The Balaban J connectivity index is 1.89. The van der Waals surface area contributed by atoms with E-state index in [2.05, 4.69) is 30.5 Å². The highest BCUT2D eigenvalue weighted by Crippen LogP contribution is 2.31. The number of anilines is 2. The molecule has 4 rings (SSSR count). The van der Waals surface area contributed by atoms with Crippen LogP contribution in [0.4, 0.5) is 11.8 Å². The Labute approximate surface area is 144 Å². The van der Waals surface area contributed by atoms with Gasteiger partial charge in [-0.3, -0.25) is 5.10 Å². The maximum absolute atomic E-state index is 5.44. The number of aryl methyl sites for hydroxylation is 1. The van der Waals surface area contributed by atoms with Crippen LogP contribution in [0, 0.1) is 6.92 Å². The first-order valence-electron chi connectivity index (χ1n) is 7.81. The Morgan fingerprint density at radius 2 is 1.76 bits per heavy atom. The fourth-order valence-corrected chi connectivity index (χ4v) is 2.63. The van der Waals surface area contributed by atoms with Gasteiger partial charge in [0.15, 0.2) is 5.82 Å². The first-order valence-corrected chi connectivity index (χ1v) is 7.81. The summed E-state index contributed by atoms with van der Waals surface area (Å²) >= 11 is 0. The quantitative estimate of drug-likeness (QED) is 0.595. The van der Waals surface area contributed by atoms with Crippen molar-refractivity contribution in [3.63, 3.8) is 0 Å². The number of methoxy groups -OCH3 is 1. The Morgan fingerprint density at radius 3 is 2.56 bits per heavy atom. The van der Waals surface area contributed by atoms with E-state index >= 15 is 0 Å². The van der Waals surface area contributed by atoms with E-state index in [4.69, 9.17) is 4.74 Å². The SMILES string of the molecule is COc1ccccc1-c1nc(Nc2n[nH]c(C)n2)c2ccccc2n1. The number of nitrogens with one attached hydrogen (secondary N) is 2. The summed E-state index contributed by atoms with van der Waals surface area (Å²) in [4.78, 5) is 13.7. The van der Waals surface area contributed by atoms with Crippen molar-refractivity contribution in [3.8, 4) is 17.1 Å². The van der Waals surface area contributed by atoms with Crippen molar-refractivity contribution >= 4 is 22.7 Å². The largest absolute Gasteiger partial charge is 0.496 e. The average Bonchev–Trinajstić information content (AvgIpc) is 3.06. The highest BCUT2D eigenvalue weighted by atomic mass is 16.5. The molecule has 2 heterocycles. The fraction of sp³-hybridized carbons (Fsp3) is 0.111. The molecule has 0 saturated heterocycles. The van der Waals surface area contributed by atoms with Crippen molar-refractivity contribution < 1.29 is 4.74 Å². The number of para-hydroxylation sites is 2. The topological polar surface area (TPSA) is 88.6 Å². The van der Waals surface area contributed by atoms with Crippen molar-refractivity contribution in [2.45, 2.75) is 6.92 Å². The zero-order valence-electron chi connectivity index (χ0n) is 13.8. The van der Waals surface area contributed by atoms with Gasteiger partial charge in [-0.05, 0) is 31.2 Å². The molecule has 0 atom stereocenters. The summed E-state index contributed by atoms with van der Waals surface area (Å²) in [6, 6.07) is 15.5. The number of hydrogen-bond acceptors (Lipinski definition) is 6. The number of hydrogen-bond donors (Lipinski definition) is 2. The van der Waals surface area contributed by atoms with E-state index in [-0.39, 0.29) is 0 Å². The van der Waals surface area contributed by atoms with Crippen molar-refractivity contribution in [1.82, 2.24) is 25.1 Å². The van der Waals surface area contributed by atoms with E-state index in [1.54, 1.807) is 7.11 Å². The Morgan fingerprint density at radius 1 is 0.960 bits per heavy atom. The summed E-state index contributed by atoms with van der Waals surface area (Å²) in [5, 5.41) is 11.0. The van der Waals surface area contributed by atoms with Gasteiger partial charge in [0.2, 0.25) is 5.95 Å². The summed E-state index contributed by atoms with van der Waals surface area (Å²) in [5.74, 6) is 3.13. The molecule has 7 nitrogen and oxygen atoms in total. The molecule has 0 fully saturated rings. The number of benzene rings is 2. The van der Waals surface area contributed by atoms with Gasteiger partial charge in [0.05, 0.1) is 18.2 Å². The van der Waals surface area contributed by atoms with Crippen molar-refractivity contribution in [3.05, 3.63) is 54.4 Å². The third-order valence-corrected chi connectivity index (χ3v) is 3.78. The predicted octanol–water partition coefficient (Wildman–Crippen LogP) is 3.48. The second kappa shape index (κ2) is 6.20. The number of nitrogens with zero attached hydrogens (tertiary/aromatic N) is 4. The predicted molar refractivity (Wildman–Crippen MR) is 95.9 cm³/mol. The molecule has 0 aliphatic heterocycles. The van der Waals surface area contributed by atoms with Crippen molar-refractivity contribution in [1.29, 1.82) is 0 Å². The van der Waals surface area contributed by atoms with Gasteiger partial charge in [0, 0.05) is 5.39 Å². The number of rotatable bonds is 4.